The molecule has 2 unspecified atom stereocenters. The van der Waals surface area contributed by atoms with Gasteiger partial charge >= 0.3 is 39.5 Å². The number of esters is 4. The second-order valence-corrected chi connectivity index (χ2v) is 32.2. The van der Waals surface area contributed by atoms with Gasteiger partial charge in [0, 0.05) is 25.7 Å². The minimum Gasteiger partial charge on any atom is -0.462 e. The van der Waals surface area contributed by atoms with E-state index in [1.807, 2.05) is 0 Å². The van der Waals surface area contributed by atoms with Crippen LogP contribution in [0.25, 0.3) is 0 Å². The van der Waals surface area contributed by atoms with Gasteiger partial charge in [-0.2, -0.15) is 0 Å². The maximum absolute atomic E-state index is 13.1. The van der Waals surface area contributed by atoms with Crippen molar-refractivity contribution in [3.05, 3.63) is 0 Å². The third kappa shape index (κ3) is 74.1. The summed E-state index contributed by atoms with van der Waals surface area (Å²) in [6.07, 6.45) is 63.9. The Balaban J connectivity index is 5.18. The fourth-order valence-electron chi connectivity index (χ4n) is 12.4. The predicted molar refractivity (Wildman–Crippen MR) is 405 cm³/mol. The van der Waals surface area contributed by atoms with E-state index in [-0.39, 0.29) is 25.7 Å². The molecule has 19 heteroatoms. The molecule has 0 aliphatic rings. The van der Waals surface area contributed by atoms with Crippen molar-refractivity contribution in [1.82, 2.24) is 0 Å². The molecule has 0 saturated carbocycles. The van der Waals surface area contributed by atoms with E-state index < -0.39 is 97.5 Å². The summed E-state index contributed by atoms with van der Waals surface area (Å²) in [6.45, 7) is 7.33. The summed E-state index contributed by atoms with van der Waals surface area (Å²) in [6, 6.07) is 0. The number of carbonyl (C=O) groups excluding carboxylic acids is 4. The minimum atomic E-state index is -4.96. The first-order valence-corrected chi connectivity index (χ1v) is 44.6. The number of aliphatic hydroxyl groups is 1. The van der Waals surface area contributed by atoms with Crippen molar-refractivity contribution in [3.63, 3.8) is 0 Å². The van der Waals surface area contributed by atoms with Crippen molar-refractivity contribution in [3.8, 4) is 0 Å². The van der Waals surface area contributed by atoms with E-state index in [9.17, 15) is 43.2 Å². The maximum atomic E-state index is 13.1. The topological polar surface area (TPSA) is 237 Å². The highest BCUT2D eigenvalue weighted by atomic mass is 31.2. The first kappa shape index (κ1) is 97.1. The van der Waals surface area contributed by atoms with Gasteiger partial charge in [-0.3, -0.25) is 37.3 Å². The van der Waals surface area contributed by atoms with Crippen LogP contribution in [0, 0.1) is 5.92 Å². The number of aliphatic hydroxyl groups excluding tert-OH is 1. The van der Waals surface area contributed by atoms with Gasteiger partial charge in [0.25, 0.3) is 0 Å². The van der Waals surface area contributed by atoms with Crippen LogP contribution < -0.4 is 0 Å². The zero-order valence-corrected chi connectivity index (χ0v) is 66.4. The molecule has 0 saturated heterocycles. The fraction of sp³-hybridized carbons (Fsp3) is 0.950. The van der Waals surface area contributed by atoms with Crippen LogP contribution in [0.5, 0.6) is 0 Å². The van der Waals surface area contributed by atoms with E-state index in [1.165, 1.54) is 250 Å². The summed E-state index contributed by atoms with van der Waals surface area (Å²) >= 11 is 0. The van der Waals surface area contributed by atoms with E-state index in [0.717, 1.165) is 95.8 Å². The van der Waals surface area contributed by atoms with E-state index in [1.54, 1.807) is 0 Å². The van der Waals surface area contributed by atoms with Crippen molar-refractivity contribution in [2.24, 2.45) is 5.92 Å². The summed E-state index contributed by atoms with van der Waals surface area (Å²) in [4.78, 5) is 72.9. The zero-order valence-electron chi connectivity index (χ0n) is 64.6. The lowest BCUT2D eigenvalue weighted by Gasteiger charge is -2.21. The highest BCUT2D eigenvalue weighted by Crippen LogP contribution is 2.45. The van der Waals surface area contributed by atoms with Crippen molar-refractivity contribution in [2.75, 3.05) is 39.6 Å². The number of hydrogen-bond donors (Lipinski definition) is 3. The summed E-state index contributed by atoms with van der Waals surface area (Å²) < 4.78 is 68.6. The fourth-order valence-corrected chi connectivity index (χ4v) is 14.0. The second kappa shape index (κ2) is 73.0. The van der Waals surface area contributed by atoms with Crippen LogP contribution in [0.15, 0.2) is 0 Å². The quantitative estimate of drug-likeness (QED) is 0.0222. The molecule has 0 aromatic carbocycles. The summed E-state index contributed by atoms with van der Waals surface area (Å²) in [5.41, 5.74) is 0. The monoisotopic (exact) mass is 1450 g/mol. The van der Waals surface area contributed by atoms with Crippen LogP contribution in [-0.2, 0) is 65.4 Å². The van der Waals surface area contributed by atoms with Gasteiger partial charge < -0.3 is 33.8 Å². The van der Waals surface area contributed by atoms with Gasteiger partial charge in [-0.1, -0.05) is 375 Å². The molecule has 0 aromatic rings. The molecule has 0 aliphatic carbocycles. The summed E-state index contributed by atoms with van der Waals surface area (Å²) in [7, 11) is -9.91. The predicted octanol–water partition coefficient (Wildman–Crippen LogP) is 24.0. The van der Waals surface area contributed by atoms with Crippen LogP contribution in [-0.4, -0.2) is 96.7 Å². The minimum absolute atomic E-state index is 0.107. The third-order valence-electron chi connectivity index (χ3n) is 18.8. The zero-order chi connectivity index (χ0) is 72.7. The molecular formula is C80H156O17P2. The SMILES string of the molecule is CCCCCCCCCCCCCCCCCCCCCCCC(=O)O[C@H](COC(=O)CCCCCCCCCCCCCCCCCC(C)C)COP(=O)(O)OC[C@@H](O)COP(=O)(O)OC[C@@H](COC(=O)CCCCCCCCCCCC)OC(=O)CCCCCCCCCCCC. The number of ether oxygens (including phenoxy) is 4. The van der Waals surface area contributed by atoms with Crippen molar-refractivity contribution in [2.45, 2.75) is 445 Å². The molecule has 0 fully saturated rings. The number of unbranched alkanes of at least 4 members (excludes halogenated alkanes) is 52. The Morgan fingerprint density at radius 2 is 0.465 bits per heavy atom. The number of rotatable bonds is 80. The lowest BCUT2D eigenvalue weighted by atomic mass is 10.0. The average molecular weight is 1450 g/mol. The van der Waals surface area contributed by atoms with Crippen molar-refractivity contribution in [1.29, 1.82) is 0 Å². The lowest BCUT2D eigenvalue weighted by Crippen LogP contribution is -2.30. The Morgan fingerprint density at radius 3 is 0.687 bits per heavy atom. The molecule has 3 N–H and O–H groups in total. The lowest BCUT2D eigenvalue weighted by molar-refractivity contribution is -0.161. The normalized spacial score (nSPS) is 13.9. The molecule has 99 heavy (non-hydrogen) atoms. The van der Waals surface area contributed by atoms with Crippen molar-refractivity contribution < 1.29 is 80.2 Å². The average Bonchev–Trinajstić information content (AvgIpc) is 1.12. The van der Waals surface area contributed by atoms with Crippen LogP contribution >= 0.6 is 15.6 Å². The van der Waals surface area contributed by atoms with Gasteiger partial charge in [-0.15, -0.1) is 0 Å². The molecule has 0 radical (unpaired) electrons. The molecule has 0 heterocycles. The van der Waals surface area contributed by atoms with E-state index in [2.05, 4.69) is 34.6 Å². The van der Waals surface area contributed by atoms with Gasteiger partial charge in [-0.05, 0) is 31.6 Å². The van der Waals surface area contributed by atoms with Gasteiger partial charge in [0.2, 0.25) is 0 Å². The highest BCUT2D eigenvalue weighted by molar-refractivity contribution is 7.47. The van der Waals surface area contributed by atoms with Crippen molar-refractivity contribution >= 4 is 39.5 Å². The van der Waals surface area contributed by atoms with Crippen LogP contribution in [0.1, 0.15) is 426 Å². The van der Waals surface area contributed by atoms with Gasteiger partial charge in [0.15, 0.2) is 12.2 Å². The largest absolute Gasteiger partial charge is 0.472 e. The first-order valence-electron chi connectivity index (χ1n) is 41.6. The molecule has 588 valence electrons. The number of hydrogen-bond acceptors (Lipinski definition) is 15. The highest BCUT2D eigenvalue weighted by Gasteiger charge is 2.30. The Morgan fingerprint density at radius 1 is 0.273 bits per heavy atom. The molecule has 0 spiro atoms. The number of carbonyl (C=O) groups is 4. The molecule has 0 amide bonds. The Hall–Kier alpha value is -1.94. The molecular weight excluding hydrogens is 1290 g/mol. The van der Waals surface area contributed by atoms with E-state index in [4.69, 9.17) is 37.0 Å². The van der Waals surface area contributed by atoms with Gasteiger partial charge in [-0.25, -0.2) is 9.13 Å². The molecule has 17 nitrogen and oxygen atoms in total. The van der Waals surface area contributed by atoms with Gasteiger partial charge in [0.1, 0.15) is 19.3 Å². The molecule has 0 aromatic heterocycles. The third-order valence-corrected chi connectivity index (χ3v) is 20.7. The second-order valence-electron chi connectivity index (χ2n) is 29.3. The standard InChI is InChI=1S/C80H156O17P2/c1-6-9-12-15-18-21-24-25-26-27-28-29-30-31-34-38-41-46-51-56-61-66-80(85)97-76(70-91-78(83)64-59-54-49-45-40-37-35-32-33-36-39-42-47-52-57-62-73(4)5)72-95-99(88,89)93-68-74(81)67-92-98(86,87)94-71-75(96-79(84)65-60-55-50-44-23-20-17-14-11-8-3)69-90-77(82)63-58-53-48-43-22-19-16-13-10-7-2/h73-76,81H,6-72H2,1-5H3,(H,86,87)(H,88,89)/t74-,75+,76+/m0/s1. The molecule has 0 aliphatic heterocycles. The first-order chi connectivity index (χ1) is 48.0. The van der Waals surface area contributed by atoms with Crippen LogP contribution in [0.3, 0.4) is 0 Å². The maximum Gasteiger partial charge on any atom is 0.472 e. The Labute approximate surface area is 607 Å². The number of phosphoric acid groups is 2. The molecule has 0 rings (SSSR count). The summed E-state index contributed by atoms with van der Waals surface area (Å²) in [5.74, 6) is -1.30. The van der Waals surface area contributed by atoms with E-state index >= 15 is 0 Å². The smallest absolute Gasteiger partial charge is 0.462 e. The van der Waals surface area contributed by atoms with Crippen LogP contribution in [0.2, 0.25) is 0 Å². The Bertz CT molecular complexity index is 1890. The van der Waals surface area contributed by atoms with E-state index in [0.29, 0.717) is 25.7 Å². The van der Waals surface area contributed by atoms with Gasteiger partial charge in [0.05, 0.1) is 26.4 Å². The summed E-state index contributed by atoms with van der Waals surface area (Å²) in [5, 5.41) is 10.6. The van der Waals surface area contributed by atoms with Crippen LogP contribution in [0.4, 0.5) is 0 Å². The molecule has 5 atom stereocenters. The number of phosphoric ester groups is 2. The Kier molecular flexibility index (Phi) is 71.6. The molecule has 0 bridgehead atoms.